The number of hydrogen-bond acceptors (Lipinski definition) is 5. The van der Waals surface area contributed by atoms with E-state index in [-0.39, 0.29) is 23.1 Å². The van der Waals surface area contributed by atoms with Gasteiger partial charge in [-0.1, -0.05) is 19.9 Å². The molecular formula is C17H21F3N2O4. The van der Waals surface area contributed by atoms with Crippen LogP contribution in [0.15, 0.2) is 23.3 Å². The first-order valence-corrected chi connectivity index (χ1v) is 7.94. The number of hydrazone groups is 1. The van der Waals surface area contributed by atoms with Crippen LogP contribution in [0.2, 0.25) is 0 Å². The van der Waals surface area contributed by atoms with Gasteiger partial charge in [0.25, 0.3) is 5.72 Å². The van der Waals surface area contributed by atoms with Crippen LogP contribution in [0, 0.1) is 5.92 Å². The van der Waals surface area contributed by atoms with Crippen LogP contribution in [0.25, 0.3) is 0 Å². The van der Waals surface area contributed by atoms with E-state index in [0.717, 1.165) is 0 Å². The van der Waals surface area contributed by atoms with Gasteiger partial charge in [-0.25, -0.2) is 0 Å². The molecule has 26 heavy (non-hydrogen) atoms. The second-order valence-electron chi connectivity index (χ2n) is 6.31. The summed E-state index contributed by atoms with van der Waals surface area (Å²) in [4.78, 5) is 12.5. The average Bonchev–Trinajstić information content (AvgIpc) is 2.94. The topological polar surface area (TPSA) is 71.4 Å². The summed E-state index contributed by atoms with van der Waals surface area (Å²) in [7, 11) is 2.85. The number of benzene rings is 1. The molecule has 0 spiro atoms. The summed E-state index contributed by atoms with van der Waals surface area (Å²) in [6, 6.07) is 4.58. The summed E-state index contributed by atoms with van der Waals surface area (Å²) in [5.74, 6) is -0.524. The molecular weight excluding hydrogens is 353 g/mol. The van der Waals surface area contributed by atoms with Crippen molar-refractivity contribution in [3.8, 4) is 11.5 Å². The lowest BCUT2D eigenvalue weighted by atomic mass is 9.98. The molecule has 1 N–H and O–H groups in total. The molecule has 6 nitrogen and oxygen atoms in total. The number of carbonyl (C=O) groups is 1. The Balaban J connectivity index is 2.31. The van der Waals surface area contributed by atoms with Crippen molar-refractivity contribution in [3.05, 3.63) is 23.8 Å². The number of alkyl halides is 3. The lowest BCUT2D eigenvalue weighted by molar-refractivity contribution is -0.302. The highest BCUT2D eigenvalue weighted by atomic mass is 19.4. The summed E-state index contributed by atoms with van der Waals surface area (Å²) < 4.78 is 50.4. The van der Waals surface area contributed by atoms with Crippen molar-refractivity contribution in [2.24, 2.45) is 11.0 Å². The molecule has 0 fully saturated rings. The number of ether oxygens (including phenoxy) is 2. The van der Waals surface area contributed by atoms with Gasteiger partial charge in [-0.2, -0.15) is 23.3 Å². The van der Waals surface area contributed by atoms with Crippen molar-refractivity contribution in [3.63, 3.8) is 0 Å². The number of halogens is 3. The zero-order valence-electron chi connectivity index (χ0n) is 14.9. The molecule has 0 bridgehead atoms. The maximum absolute atomic E-state index is 13.4. The first-order chi connectivity index (χ1) is 12.0. The van der Waals surface area contributed by atoms with Gasteiger partial charge in [0.2, 0.25) is 5.91 Å². The second kappa shape index (κ2) is 7.14. The zero-order chi connectivity index (χ0) is 19.7. The first kappa shape index (κ1) is 20.0. The van der Waals surface area contributed by atoms with Crippen molar-refractivity contribution in [1.29, 1.82) is 0 Å². The normalized spacial score (nSPS) is 20.3. The van der Waals surface area contributed by atoms with Gasteiger partial charge in [-0.3, -0.25) is 4.79 Å². The van der Waals surface area contributed by atoms with Gasteiger partial charge in [0.15, 0.2) is 11.5 Å². The van der Waals surface area contributed by atoms with Crippen LogP contribution in [-0.2, 0) is 11.2 Å². The Hall–Kier alpha value is -2.29. The van der Waals surface area contributed by atoms with Crippen molar-refractivity contribution < 1.29 is 32.5 Å². The minimum Gasteiger partial charge on any atom is -0.493 e. The van der Waals surface area contributed by atoms with Gasteiger partial charge < -0.3 is 14.6 Å². The van der Waals surface area contributed by atoms with Gasteiger partial charge in [-0.05, 0) is 23.6 Å². The molecule has 1 aliphatic heterocycles. The predicted molar refractivity (Wildman–Crippen MR) is 88.0 cm³/mol. The Bertz CT molecular complexity index is 718. The molecule has 0 saturated carbocycles. The molecule has 0 aromatic heterocycles. The standard InChI is InChI=1S/C17H21F3N2O4/c1-10(2)12-9-16(24,17(18,19)20)22(21-12)15(23)8-11-5-6-13(25-3)14(7-11)26-4/h5-7,10,24H,8-9H2,1-4H3. The van der Waals surface area contributed by atoms with E-state index < -0.39 is 24.2 Å². The lowest BCUT2D eigenvalue weighted by Gasteiger charge is -2.32. The minimum atomic E-state index is -5.03. The third-order valence-corrected chi connectivity index (χ3v) is 4.17. The van der Waals surface area contributed by atoms with E-state index >= 15 is 0 Å². The summed E-state index contributed by atoms with van der Waals surface area (Å²) in [5.41, 5.74) is -2.81. The highest BCUT2D eigenvalue weighted by molar-refractivity contribution is 5.92. The second-order valence-corrected chi connectivity index (χ2v) is 6.31. The Morgan fingerprint density at radius 3 is 2.42 bits per heavy atom. The van der Waals surface area contributed by atoms with Crippen LogP contribution in [0.3, 0.4) is 0 Å². The van der Waals surface area contributed by atoms with E-state index in [1.165, 1.54) is 26.4 Å². The third-order valence-electron chi connectivity index (χ3n) is 4.17. The summed E-state index contributed by atoms with van der Waals surface area (Å²) >= 11 is 0. The van der Waals surface area contributed by atoms with Gasteiger partial charge in [0.05, 0.1) is 20.6 Å². The highest BCUT2D eigenvalue weighted by Crippen LogP contribution is 2.41. The molecule has 9 heteroatoms. The van der Waals surface area contributed by atoms with E-state index in [9.17, 15) is 23.1 Å². The predicted octanol–water partition coefficient (Wildman–Crippen LogP) is 2.74. The molecule has 1 atom stereocenters. The van der Waals surface area contributed by atoms with Crippen LogP contribution in [0.1, 0.15) is 25.8 Å². The van der Waals surface area contributed by atoms with Crippen LogP contribution in [0.4, 0.5) is 13.2 Å². The molecule has 144 valence electrons. The number of carbonyl (C=O) groups excluding carboxylic acids is 1. The van der Waals surface area contributed by atoms with Crippen LogP contribution < -0.4 is 9.47 Å². The van der Waals surface area contributed by atoms with Gasteiger partial charge in [-0.15, -0.1) is 0 Å². The Labute approximate surface area is 149 Å². The van der Waals surface area contributed by atoms with Crippen LogP contribution >= 0.6 is 0 Å². The monoisotopic (exact) mass is 374 g/mol. The number of nitrogens with zero attached hydrogens (tertiary/aromatic N) is 2. The molecule has 2 rings (SSSR count). The minimum absolute atomic E-state index is 0.116. The van der Waals surface area contributed by atoms with E-state index in [2.05, 4.69) is 5.10 Å². The quantitative estimate of drug-likeness (QED) is 0.860. The molecule has 1 aromatic rings. The van der Waals surface area contributed by atoms with E-state index in [1.54, 1.807) is 19.9 Å². The van der Waals surface area contributed by atoms with E-state index in [1.807, 2.05) is 0 Å². The first-order valence-electron chi connectivity index (χ1n) is 7.94. The zero-order valence-corrected chi connectivity index (χ0v) is 14.9. The fraction of sp³-hybridized carbons (Fsp3) is 0.529. The summed E-state index contributed by atoms with van der Waals surface area (Å²) in [6.45, 7) is 3.30. The molecule has 1 unspecified atom stereocenters. The Kier molecular flexibility index (Phi) is 5.50. The molecule has 1 aromatic carbocycles. The number of methoxy groups -OCH3 is 2. The molecule has 1 heterocycles. The van der Waals surface area contributed by atoms with Crippen molar-refractivity contribution in [1.82, 2.24) is 5.01 Å². The van der Waals surface area contributed by atoms with E-state index in [0.29, 0.717) is 17.1 Å². The number of hydrogen-bond donors (Lipinski definition) is 1. The van der Waals surface area contributed by atoms with Gasteiger partial charge >= 0.3 is 6.18 Å². The average molecular weight is 374 g/mol. The summed E-state index contributed by atoms with van der Waals surface area (Å²) in [5, 5.41) is 14.1. The Morgan fingerprint density at radius 1 is 1.31 bits per heavy atom. The fourth-order valence-corrected chi connectivity index (χ4v) is 2.62. The van der Waals surface area contributed by atoms with Crippen LogP contribution in [-0.4, -0.2) is 47.9 Å². The highest BCUT2D eigenvalue weighted by Gasteiger charge is 2.63. The SMILES string of the molecule is COc1ccc(CC(=O)N2N=C(C(C)C)CC2(O)C(F)(F)F)cc1OC. The maximum Gasteiger partial charge on any atom is 0.438 e. The molecule has 1 aliphatic rings. The van der Waals surface area contributed by atoms with Gasteiger partial charge in [0, 0.05) is 12.1 Å². The number of aliphatic hydroxyl groups is 1. The Morgan fingerprint density at radius 2 is 1.92 bits per heavy atom. The van der Waals surface area contributed by atoms with Crippen LogP contribution in [0.5, 0.6) is 11.5 Å². The maximum atomic E-state index is 13.4. The number of rotatable bonds is 5. The molecule has 0 saturated heterocycles. The van der Waals surface area contributed by atoms with Crippen molar-refractivity contribution >= 4 is 11.6 Å². The van der Waals surface area contributed by atoms with Gasteiger partial charge in [0.1, 0.15) is 0 Å². The lowest BCUT2D eigenvalue weighted by Crippen LogP contribution is -2.57. The largest absolute Gasteiger partial charge is 0.493 e. The number of amides is 1. The van der Waals surface area contributed by atoms with Crippen molar-refractivity contribution in [2.75, 3.05) is 14.2 Å². The molecule has 1 amide bonds. The van der Waals surface area contributed by atoms with Crippen molar-refractivity contribution in [2.45, 2.75) is 38.6 Å². The summed E-state index contributed by atoms with van der Waals surface area (Å²) in [6.07, 6.45) is -6.17. The molecule has 0 aliphatic carbocycles. The fourth-order valence-electron chi connectivity index (χ4n) is 2.62. The van der Waals surface area contributed by atoms with E-state index in [4.69, 9.17) is 9.47 Å². The third kappa shape index (κ3) is 3.62. The smallest absolute Gasteiger partial charge is 0.438 e. The molecule has 0 radical (unpaired) electrons.